The molecule has 4 nitrogen and oxygen atoms in total. The van der Waals surface area contributed by atoms with Crippen LogP contribution < -0.4 is 10.6 Å². The van der Waals surface area contributed by atoms with Crippen molar-refractivity contribution in [2.45, 2.75) is 39.7 Å². The third-order valence-electron chi connectivity index (χ3n) is 4.43. The van der Waals surface area contributed by atoms with Crippen molar-refractivity contribution >= 4 is 17.3 Å². The minimum atomic E-state index is -0.562. The van der Waals surface area contributed by atoms with E-state index in [1.807, 2.05) is 38.1 Å². The maximum absolute atomic E-state index is 12.1. The smallest absolute Gasteiger partial charge is 0.223 e. The Morgan fingerprint density at radius 1 is 1.26 bits per heavy atom. The fourth-order valence-electron chi connectivity index (χ4n) is 2.66. The van der Waals surface area contributed by atoms with Gasteiger partial charge in [0.1, 0.15) is 6.04 Å². The number of carbonyl (C=O) groups is 2. The first-order valence-electron chi connectivity index (χ1n) is 8.33. The van der Waals surface area contributed by atoms with Crippen molar-refractivity contribution in [3.63, 3.8) is 0 Å². The Kier molecular flexibility index (Phi) is 6.11. The van der Waals surface area contributed by atoms with E-state index in [0.717, 1.165) is 31.5 Å². The molecule has 1 aromatic carbocycles. The van der Waals surface area contributed by atoms with Crippen LogP contribution in [0.15, 0.2) is 30.3 Å². The summed E-state index contributed by atoms with van der Waals surface area (Å²) in [4.78, 5) is 24.0. The van der Waals surface area contributed by atoms with Crippen molar-refractivity contribution in [2.24, 2.45) is 5.92 Å². The van der Waals surface area contributed by atoms with Crippen LogP contribution in [0.3, 0.4) is 0 Å². The zero-order valence-corrected chi connectivity index (χ0v) is 14.2. The Hall–Kier alpha value is -1.94. The van der Waals surface area contributed by atoms with Gasteiger partial charge in [-0.1, -0.05) is 44.2 Å². The summed E-state index contributed by atoms with van der Waals surface area (Å²) in [5, 5.41) is 6.17. The lowest BCUT2D eigenvalue weighted by Crippen LogP contribution is -2.36. The largest absolute Gasteiger partial charge is 0.342 e. The Bertz CT molecular complexity index is 590. The molecule has 0 saturated heterocycles. The molecule has 1 aliphatic rings. The number of carbonyl (C=O) groups excluding carboxylic acids is 2. The van der Waals surface area contributed by atoms with Crippen molar-refractivity contribution in [3.8, 4) is 0 Å². The first-order valence-corrected chi connectivity index (χ1v) is 8.33. The molecule has 2 rings (SSSR count). The van der Waals surface area contributed by atoms with Gasteiger partial charge in [0.25, 0.3) is 0 Å². The summed E-state index contributed by atoms with van der Waals surface area (Å²) in [6.07, 6.45) is 3.98. The second-order valence-electron chi connectivity index (χ2n) is 6.17. The number of hydrogen-bond donors (Lipinski definition) is 2. The zero-order valence-electron chi connectivity index (χ0n) is 14.2. The summed E-state index contributed by atoms with van der Waals surface area (Å²) in [5.41, 5.74) is 3.36. The van der Waals surface area contributed by atoms with Gasteiger partial charge in [0.15, 0.2) is 5.78 Å². The molecule has 1 aromatic rings. The number of Topliss-reactive ketones (excluding diaryl/α,β-unsaturated/α-hetero) is 1. The fourth-order valence-corrected chi connectivity index (χ4v) is 2.66. The molecule has 1 aliphatic heterocycles. The lowest BCUT2D eigenvalue weighted by Gasteiger charge is -2.20. The minimum Gasteiger partial charge on any atom is -0.342 e. The number of rotatable bonds is 6. The minimum absolute atomic E-state index is 0.0458. The van der Waals surface area contributed by atoms with E-state index in [1.165, 1.54) is 18.1 Å². The van der Waals surface area contributed by atoms with E-state index < -0.39 is 6.04 Å². The van der Waals surface area contributed by atoms with Crippen LogP contribution >= 0.6 is 0 Å². The van der Waals surface area contributed by atoms with Gasteiger partial charge in [-0.3, -0.25) is 9.59 Å². The summed E-state index contributed by atoms with van der Waals surface area (Å²) in [6.45, 7) is 7.26. The topological polar surface area (TPSA) is 58.2 Å². The predicted molar refractivity (Wildman–Crippen MR) is 92.9 cm³/mol. The van der Waals surface area contributed by atoms with E-state index in [4.69, 9.17) is 0 Å². The third kappa shape index (κ3) is 4.52. The Morgan fingerprint density at radius 2 is 1.96 bits per heavy atom. The molecule has 2 atom stereocenters. The number of hydrogen-bond acceptors (Lipinski definition) is 3. The quantitative estimate of drug-likeness (QED) is 0.849. The molecule has 0 saturated carbocycles. The van der Waals surface area contributed by atoms with E-state index in [9.17, 15) is 9.59 Å². The molecule has 0 fully saturated rings. The summed E-state index contributed by atoms with van der Waals surface area (Å²) in [7, 11) is 0. The van der Waals surface area contributed by atoms with Crippen molar-refractivity contribution in [1.82, 2.24) is 10.6 Å². The molecule has 0 radical (unpaired) electrons. The van der Waals surface area contributed by atoms with Gasteiger partial charge < -0.3 is 10.6 Å². The van der Waals surface area contributed by atoms with E-state index >= 15 is 0 Å². The molecular formula is C19H26N2O2. The number of ketones is 1. The second-order valence-corrected chi connectivity index (χ2v) is 6.17. The van der Waals surface area contributed by atoms with Gasteiger partial charge in [-0.2, -0.15) is 0 Å². The average Bonchev–Trinajstić information content (AvgIpc) is 2.59. The van der Waals surface area contributed by atoms with Gasteiger partial charge in [-0.15, -0.1) is 0 Å². The van der Waals surface area contributed by atoms with Gasteiger partial charge in [0, 0.05) is 12.5 Å². The Morgan fingerprint density at radius 3 is 2.48 bits per heavy atom. The molecule has 0 aromatic heterocycles. The van der Waals surface area contributed by atoms with Crippen LogP contribution in [0, 0.1) is 5.92 Å². The zero-order chi connectivity index (χ0) is 16.8. The normalized spacial score (nSPS) is 17.1. The molecule has 23 heavy (non-hydrogen) atoms. The summed E-state index contributed by atoms with van der Waals surface area (Å²) >= 11 is 0. The van der Waals surface area contributed by atoms with Crippen LogP contribution in [0.4, 0.5) is 0 Å². The van der Waals surface area contributed by atoms with Crippen LogP contribution in [0.25, 0.3) is 5.57 Å². The molecule has 0 spiro atoms. The highest BCUT2D eigenvalue weighted by atomic mass is 16.2. The maximum Gasteiger partial charge on any atom is 0.223 e. The van der Waals surface area contributed by atoms with Crippen LogP contribution in [0.2, 0.25) is 0 Å². The number of nitrogens with one attached hydrogen (secondary N) is 2. The molecular weight excluding hydrogens is 288 g/mol. The molecule has 124 valence electrons. The van der Waals surface area contributed by atoms with Crippen molar-refractivity contribution in [1.29, 1.82) is 0 Å². The van der Waals surface area contributed by atoms with Crippen LogP contribution in [-0.2, 0) is 9.59 Å². The van der Waals surface area contributed by atoms with Gasteiger partial charge in [0.2, 0.25) is 5.91 Å². The molecule has 2 N–H and O–H groups in total. The van der Waals surface area contributed by atoms with Crippen LogP contribution in [0.5, 0.6) is 0 Å². The molecule has 1 amide bonds. The van der Waals surface area contributed by atoms with Gasteiger partial charge in [-0.05, 0) is 43.0 Å². The fraction of sp³-hybridized carbons (Fsp3) is 0.474. The number of benzene rings is 1. The van der Waals surface area contributed by atoms with Crippen molar-refractivity contribution < 1.29 is 9.59 Å². The highest BCUT2D eigenvalue weighted by molar-refractivity contribution is 5.89. The van der Waals surface area contributed by atoms with Crippen molar-refractivity contribution in [2.75, 3.05) is 13.1 Å². The summed E-state index contributed by atoms with van der Waals surface area (Å²) in [5.74, 6) is -0.204. The Balaban J connectivity index is 2.15. The molecule has 0 bridgehead atoms. The Labute approximate surface area is 138 Å². The van der Waals surface area contributed by atoms with Crippen LogP contribution in [-0.4, -0.2) is 24.8 Å². The van der Waals surface area contributed by atoms with Crippen molar-refractivity contribution in [3.05, 3.63) is 41.5 Å². The summed E-state index contributed by atoms with van der Waals surface area (Å²) in [6, 6.07) is 7.41. The molecule has 4 heteroatoms. The standard InChI is InChI=1S/C19H26N2O2/c1-4-13(2)19(23)21-18(14(3)22)17-7-5-15(6-8-17)16-9-11-20-12-10-16/h5-9,13,18,20H,4,10-12H2,1-3H3,(H,21,23). The first kappa shape index (κ1) is 17.4. The van der Waals surface area contributed by atoms with E-state index in [1.54, 1.807) is 0 Å². The highest BCUT2D eigenvalue weighted by Crippen LogP contribution is 2.23. The van der Waals surface area contributed by atoms with Gasteiger partial charge in [-0.25, -0.2) is 0 Å². The summed E-state index contributed by atoms with van der Waals surface area (Å²) < 4.78 is 0. The monoisotopic (exact) mass is 314 g/mol. The van der Waals surface area contributed by atoms with Gasteiger partial charge in [0.05, 0.1) is 0 Å². The molecule has 2 unspecified atom stereocenters. The first-order chi connectivity index (χ1) is 11.0. The van der Waals surface area contributed by atoms with Crippen LogP contribution in [0.1, 0.15) is 50.8 Å². The average molecular weight is 314 g/mol. The molecule has 0 aliphatic carbocycles. The second kappa shape index (κ2) is 8.06. The van der Waals surface area contributed by atoms with E-state index in [2.05, 4.69) is 16.7 Å². The lowest BCUT2D eigenvalue weighted by molar-refractivity contribution is -0.129. The molecule has 1 heterocycles. The van der Waals surface area contributed by atoms with E-state index in [-0.39, 0.29) is 17.6 Å². The third-order valence-corrected chi connectivity index (χ3v) is 4.43. The highest BCUT2D eigenvalue weighted by Gasteiger charge is 2.21. The van der Waals surface area contributed by atoms with Gasteiger partial charge >= 0.3 is 0 Å². The lowest BCUT2D eigenvalue weighted by atomic mass is 9.96. The SMILES string of the molecule is CCC(C)C(=O)NC(C(C)=O)c1ccc(C2=CCNCC2)cc1. The van der Waals surface area contributed by atoms with E-state index in [0.29, 0.717) is 0 Å². The predicted octanol–water partition coefficient (Wildman–Crippen LogP) is 2.86. The maximum atomic E-state index is 12.1. The number of amides is 1.